The Labute approximate surface area is 409 Å². The van der Waals surface area contributed by atoms with Crippen LogP contribution in [0.4, 0.5) is 0 Å². The SMILES string of the molecule is Cc1cccc(C)c1-c1nc2c3c(cc4nc(-c5ccccc5)n(-c5ccccc5)c42)B2c4c(cccc4-n4c(-c5c(C)cccc5C)nc5c4c2cc2nc(-c4ccccc4)n(-c4ccccc4)c25)-n13. The lowest BCUT2D eigenvalue weighted by Crippen LogP contribution is -2.59. The molecule has 13 aromatic rings. The maximum absolute atomic E-state index is 5.89. The fourth-order valence-electron chi connectivity index (χ4n) is 12.2. The first-order valence-electron chi connectivity index (χ1n) is 24.4. The van der Waals surface area contributed by atoms with Gasteiger partial charge in [0.2, 0.25) is 0 Å². The van der Waals surface area contributed by atoms with E-state index in [0.717, 1.165) is 123 Å². The van der Waals surface area contributed by atoms with E-state index in [1.54, 1.807) is 0 Å². The number of nitrogens with zero attached hydrogens (tertiary/aromatic N) is 8. The Morgan fingerprint density at radius 1 is 0.338 bits per heavy atom. The smallest absolute Gasteiger partial charge is 0.252 e. The van der Waals surface area contributed by atoms with Crippen molar-refractivity contribution in [3.8, 4) is 68.3 Å². The Morgan fingerprint density at radius 3 is 1.10 bits per heavy atom. The summed E-state index contributed by atoms with van der Waals surface area (Å²) in [4.78, 5) is 23.0. The maximum atomic E-state index is 5.89. The van der Waals surface area contributed by atoms with E-state index in [9.17, 15) is 0 Å². The average molecular weight is 911 g/mol. The zero-order valence-electron chi connectivity index (χ0n) is 39.6. The van der Waals surface area contributed by atoms with Crippen molar-refractivity contribution in [2.75, 3.05) is 0 Å². The van der Waals surface area contributed by atoms with Gasteiger partial charge in [-0.05, 0) is 115 Å². The van der Waals surface area contributed by atoms with Gasteiger partial charge in [-0.25, -0.2) is 19.9 Å². The summed E-state index contributed by atoms with van der Waals surface area (Å²) in [6, 6.07) is 67.0. The highest BCUT2D eigenvalue weighted by Gasteiger charge is 2.44. The zero-order valence-corrected chi connectivity index (χ0v) is 39.6. The molecule has 0 atom stereocenters. The molecule has 15 rings (SSSR count). The quantitative estimate of drug-likeness (QED) is 0.156. The molecule has 334 valence electrons. The first kappa shape index (κ1) is 39.9. The second-order valence-electron chi connectivity index (χ2n) is 19.2. The molecule has 9 aromatic carbocycles. The summed E-state index contributed by atoms with van der Waals surface area (Å²) in [5, 5.41) is 0. The van der Waals surface area contributed by atoms with Crippen LogP contribution < -0.4 is 16.4 Å². The van der Waals surface area contributed by atoms with Gasteiger partial charge in [-0.3, -0.25) is 18.3 Å². The van der Waals surface area contributed by atoms with Crippen LogP contribution in [0.3, 0.4) is 0 Å². The van der Waals surface area contributed by atoms with Crippen LogP contribution in [0.25, 0.3) is 112 Å². The van der Waals surface area contributed by atoms with Gasteiger partial charge in [-0.15, -0.1) is 0 Å². The van der Waals surface area contributed by atoms with Gasteiger partial charge in [0, 0.05) is 45.0 Å². The van der Waals surface area contributed by atoms with Crippen molar-refractivity contribution in [2.45, 2.75) is 27.7 Å². The van der Waals surface area contributed by atoms with Gasteiger partial charge in [-0.1, -0.05) is 140 Å². The van der Waals surface area contributed by atoms with E-state index < -0.39 is 0 Å². The largest absolute Gasteiger partial charge is 0.293 e. The molecular formula is C62H43BN8. The van der Waals surface area contributed by atoms with Crippen LogP contribution in [0.1, 0.15) is 22.3 Å². The Kier molecular flexibility index (Phi) is 8.27. The predicted octanol–water partition coefficient (Wildman–Crippen LogP) is 12.1. The van der Waals surface area contributed by atoms with E-state index in [-0.39, 0.29) is 6.71 Å². The van der Waals surface area contributed by atoms with E-state index in [4.69, 9.17) is 19.9 Å². The summed E-state index contributed by atoms with van der Waals surface area (Å²) < 4.78 is 9.57. The molecule has 0 saturated heterocycles. The van der Waals surface area contributed by atoms with E-state index >= 15 is 0 Å². The number of benzene rings is 9. The van der Waals surface area contributed by atoms with Gasteiger partial charge in [-0.2, -0.15) is 0 Å². The summed E-state index contributed by atoms with van der Waals surface area (Å²) in [5.74, 6) is 3.57. The fourth-order valence-corrected chi connectivity index (χ4v) is 12.2. The lowest BCUT2D eigenvalue weighted by Gasteiger charge is -2.33. The molecule has 71 heavy (non-hydrogen) atoms. The number of fused-ring (bicyclic) bond motifs is 8. The van der Waals surface area contributed by atoms with Crippen LogP contribution in [-0.4, -0.2) is 44.9 Å². The van der Waals surface area contributed by atoms with Crippen molar-refractivity contribution >= 4 is 67.2 Å². The van der Waals surface area contributed by atoms with Gasteiger partial charge < -0.3 is 0 Å². The molecule has 0 spiro atoms. The van der Waals surface area contributed by atoms with Crippen molar-refractivity contribution in [3.63, 3.8) is 0 Å². The summed E-state index contributed by atoms with van der Waals surface area (Å²) in [5.41, 5.74) is 24.5. The third-order valence-electron chi connectivity index (χ3n) is 15.1. The van der Waals surface area contributed by atoms with Crippen molar-refractivity contribution in [2.24, 2.45) is 0 Å². The normalized spacial score (nSPS) is 12.5. The lowest BCUT2D eigenvalue weighted by molar-refractivity contribution is 1.07. The minimum atomic E-state index is -0.214. The molecule has 0 amide bonds. The number of rotatable bonds is 6. The second kappa shape index (κ2) is 14.7. The van der Waals surface area contributed by atoms with Gasteiger partial charge in [0.05, 0.1) is 22.1 Å². The topological polar surface area (TPSA) is 71.3 Å². The molecule has 0 N–H and O–H groups in total. The molecule has 0 unspecified atom stereocenters. The standard InChI is InChI=1S/C62H43BN8/c1-36-20-17-21-37(2)50(36)61-66-53-55-44(34-46-57(53)68(42-28-13-7-14-29-42)59(64-46)40-24-9-5-10-25-40)63-45-35-47-58(69(43-30-15-8-16-31-43)60(65-47)41-26-11-6-12-27-41)54-56(45)71(49-33-19-32-48(52(49)63)70(55)61)62(67-54)51-38(3)22-18-23-39(51)4/h5-35H,1-4H3. The van der Waals surface area contributed by atoms with E-state index in [2.05, 4.69) is 234 Å². The monoisotopic (exact) mass is 910 g/mol. The molecule has 0 fully saturated rings. The lowest BCUT2D eigenvalue weighted by atomic mass is 9.34. The number of aromatic nitrogens is 8. The Balaban J connectivity index is 1.14. The number of para-hydroxylation sites is 2. The van der Waals surface area contributed by atoms with Gasteiger partial charge >= 0.3 is 0 Å². The van der Waals surface area contributed by atoms with Gasteiger partial charge in [0.25, 0.3) is 6.71 Å². The predicted molar refractivity (Wildman–Crippen MR) is 290 cm³/mol. The fraction of sp³-hybridized carbons (Fsp3) is 0.0645. The molecule has 0 aliphatic carbocycles. The van der Waals surface area contributed by atoms with Gasteiger partial charge in [0.1, 0.15) is 45.4 Å². The average Bonchev–Trinajstić information content (AvgIpc) is 4.21. The molecule has 0 bridgehead atoms. The first-order chi connectivity index (χ1) is 34.9. The molecule has 2 aliphatic rings. The van der Waals surface area contributed by atoms with E-state index in [1.807, 2.05) is 0 Å². The highest BCUT2D eigenvalue weighted by molar-refractivity contribution is 7.00. The van der Waals surface area contributed by atoms with Crippen molar-refractivity contribution in [3.05, 3.63) is 210 Å². The number of aryl methyl sites for hydroxylation is 4. The molecule has 4 aromatic heterocycles. The zero-order chi connectivity index (χ0) is 47.2. The Hall–Kier alpha value is -9.08. The van der Waals surface area contributed by atoms with Crippen LogP contribution in [0.5, 0.6) is 0 Å². The second-order valence-corrected chi connectivity index (χ2v) is 19.2. The van der Waals surface area contributed by atoms with Gasteiger partial charge in [0.15, 0.2) is 0 Å². The summed E-state index contributed by atoms with van der Waals surface area (Å²) in [6.07, 6.45) is 0. The van der Waals surface area contributed by atoms with Crippen LogP contribution in [-0.2, 0) is 0 Å². The Bertz CT molecular complexity index is 4050. The molecular weight excluding hydrogens is 868 g/mol. The van der Waals surface area contributed by atoms with Crippen molar-refractivity contribution < 1.29 is 0 Å². The Morgan fingerprint density at radius 2 is 0.704 bits per heavy atom. The van der Waals surface area contributed by atoms with Crippen LogP contribution in [0.15, 0.2) is 188 Å². The van der Waals surface area contributed by atoms with Crippen LogP contribution >= 0.6 is 0 Å². The molecule has 9 heteroatoms. The number of imidazole rings is 4. The van der Waals surface area contributed by atoms with Crippen molar-refractivity contribution in [1.82, 2.24) is 38.2 Å². The van der Waals surface area contributed by atoms with E-state index in [1.165, 1.54) is 27.7 Å². The highest BCUT2D eigenvalue weighted by atomic mass is 15.2. The minimum Gasteiger partial charge on any atom is -0.293 e. The van der Waals surface area contributed by atoms with Crippen LogP contribution in [0, 0.1) is 27.7 Å². The van der Waals surface area contributed by atoms with Crippen molar-refractivity contribution in [1.29, 1.82) is 0 Å². The summed E-state index contributed by atoms with van der Waals surface area (Å²) >= 11 is 0. The summed E-state index contributed by atoms with van der Waals surface area (Å²) in [6.45, 7) is 8.61. The molecule has 8 nitrogen and oxygen atoms in total. The van der Waals surface area contributed by atoms with E-state index in [0.29, 0.717) is 0 Å². The molecule has 6 heterocycles. The minimum absolute atomic E-state index is 0.214. The molecule has 0 radical (unpaired) electrons. The number of hydrogen-bond acceptors (Lipinski definition) is 4. The third kappa shape index (κ3) is 5.45. The first-order valence-corrected chi connectivity index (χ1v) is 24.4. The highest BCUT2D eigenvalue weighted by Crippen LogP contribution is 2.44. The van der Waals surface area contributed by atoms with Crippen LogP contribution in [0.2, 0.25) is 0 Å². The maximum Gasteiger partial charge on any atom is 0.252 e. The molecule has 0 saturated carbocycles. The summed E-state index contributed by atoms with van der Waals surface area (Å²) in [7, 11) is 0. The number of hydrogen-bond donors (Lipinski definition) is 0. The third-order valence-corrected chi connectivity index (χ3v) is 15.1. The molecule has 2 aliphatic heterocycles.